The monoisotopic (exact) mass is 288 g/mol. The van der Waals surface area contributed by atoms with Crippen LogP contribution in [0.25, 0.3) is 11.0 Å². The Labute approximate surface area is 123 Å². The third-order valence-electron chi connectivity index (χ3n) is 3.71. The van der Waals surface area contributed by atoms with E-state index in [0.29, 0.717) is 19.6 Å². The molecule has 0 radical (unpaired) electrons. The van der Waals surface area contributed by atoms with Crippen LogP contribution in [0.15, 0.2) is 34.7 Å². The summed E-state index contributed by atoms with van der Waals surface area (Å²) in [5.41, 5.74) is 0.857. The van der Waals surface area contributed by atoms with E-state index in [1.54, 1.807) is 11.9 Å². The number of carbonyl (C=O) groups excluding carboxylic acids is 1. The third kappa shape index (κ3) is 3.43. The molecule has 21 heavy (non-hydrogen) atoms. The van der Waals surface area contributed by atoms with Gasteiger partial charge >= 0.3 is 0 Å². The molecular weight excluding hydrogens is 268 g/mol. The number of morpholine rings is 1. The Morgan fingerprint density at radius 2 is 2.29 bits per heavy atom. The molecule has 2 aromatic rings. The third-order valence-corrected chi connectivity index (χ3v) is 3.71. The number of benzene rings is 1. The van der Waals surface area contributed by atoms with Crippen LogP contribution < -0.4 is 5.32 Å². The molecule has 5 nitrogen and oxygen atoms in total. The van der Waals surface area contributed by atoms with Crippen molar-refractivity contribution >= 4 is 16.9 Å². The minimum absolute atomic E-state index is 0.0958. The molecule has 1 aromatic carbocycles. The Bertz CT molecular complexity index is 584. The Morgan fingerprint density at radius 3 is 3.05 bits per heavy atom. The molecule has 2 heterocycles. The van der Waals surface area contributed by atoms with Crippen molar-refractivity contribution in [3.8, 4) is 0 Å². The first-order valence-corrected chi connectivity index (χ1v) is 7.25. The lowest BCUT2D eigenvalue weighted by Gasteiger charge is -2.25. The number of carbonyl (C=O) groups is 1. The smallest absolute Gasteiger partial charge is 0.224 e. The van der Waals surface area contributed by atoms with E-state index >= 15 is 0 Å². The highest BCUT2D eigenvalue weighted by Gasteiger charge is 2.20. The summed E-state index contributed by atoms with van der Waals surface area (Å²) in [5.74, 6) is 0.901. The number of ether oxygens (including phenoxy) is 1. The molecule has 3 rings (SSSR count). The van der Waals surface area contributed by atoms with Crippen molar-refractivity contribution < 1.29 is 13.9 Å². The molecule has 1 fully saturated rings. The van der Waals surface area contributed by atoms with Gasteiger partial charge in [-0.15, -0.1) is 0 Å². The predicted octanol–water partition coefficient (Wildman–Crippen LogP) is 1.77. The van der Waals surface area contributed by atoms with Gasteiger partial charge in [0.05, 0.1) is 19.8 Å². The number of fused-ring (bicyclic) bond motifs is 1. The zero-order valence-electron chi connectivity index (χ0n) is 12.2. The zero-order valence-corrected chi connectivity index (χ0v) is 12.2. The van der Waals surface area contributed by atoms with Crippen LogP contribution in [0.3, 0.4) is 0 Å². The van der Waals surface area contributed by atoms with E-state index < -0.39 is 0 Å². The van der Waals surface area contributed by atoms with Gasteiger partial charge in [0, 0.05) is 31.4 Å². The minimum Gasteiger partial charge on any atom is -0.459 e. The van der Waals surface area contributed by atoms with Gasteiger partial charge in [0.1, 0.15) is 11.3 Å². The van der Waals surface area contributed by atoms with Crippen LogP contribution in [0.2, 0.25) is 0 Å². The van der Waals surface area contributed by atoms with Gasteiger partial charge < -0.3 is 19.4 Å². The molecule has 0 spiro atoms. The molecular formula is C16H20N2O3. The van der Waals surface area contributed by atoms with E-state index in [4.69, 9.17) is 9.15 Å². The van der Waals surface area contributed by atoms with Crippen molar-refractivity contribution in [3.05, 3.63) is 36.1 Å². The molecule has 112 valence electrons. The number of para-hydroxylation sites is 1. The molecule has 1 saturated heterocycles. The van der Waals surface area contributed by atoms with Gasteiger partial charge in [-0.1, -0.05) is 18.2 Å². The molecule has 1 aliphatic rings. The normalized spacial score (nSPS) is 18.8. The van der Waals surface area contributed by atoms with Crippen molar-refractivity contribution in [2.75, 3.05) is 26.8 Å². The van der Waals surface area contributed by atoms with E-state index in [9.17, 15) is 4.79 Å². The molecule has 1 unspecified atom stereocenters. The van der Waals surface area contributed by atoms with Gasteiger partial charge in [-0.2, -0.15) is 0 Å². The van der Waals surface area contributed by atoms with Crippen molar-refractivity contribution in [3.63, 3.8) is 0 Å². The largest absolute Gasteiger partial charge is 0.459 e. The van der Waals surface area contributed by atoms with Crippen molar-refractivity contribution in [1.82, 2.24) is 10.2 Å². The number of hydrogen-bond donors (Lipinski definition) is 1. The summed E-state index contributed by atoms with van der Waals surface area (Å²) >= 11 is 0. The highest BCUT2D eigenvalue weighted by Crippen LogP contribution is 2.20. The first-order chi connectivity index (χ1) is 10.2. The number of amides is 1. The summed E-state index contributed by atoms with van der Waals surface area (Å²) in [6, 6.07) is 9.97. The second kappa shape index (κ2) is 6.28. The number of nitrogens with one attached hydrogen (secondary N) is 1. The van der Waals surface area contributed by atoms with Crippen LogP contribution >= 0.6 is 0 Å². The Hall–Kier alpha value is -1.85. The average Bonchev–Trinajstić information content (AvgIpc) is 2.90. The van der Waals surface area contributed by atoms with Crippen LogP contribution in [-0.2, 0) is 16.1 Å². The quantitative estimate of drug-likeness (QED) is 0.931. The van der Waals surface area contributed by atoms with Crippen LogP contribution in [0.5, 0.6) is 0 Å². The van der Waals surface area contributed by atoms with Crippen LogP contribution in [0.4, 0.5) is 0 Å². The fourth-order valence-corrected chi connectivity index (χ4v) is 2.55. The average molecular weight is 288 g/mol. The maximum absolute atomic E-state index is 12.2. The number of furan rings is 1. The molecule has 5 heteroatoms. The first kappa shape index (κ1) is 14.1. The predicted molar refractivity (Wildman–Crippen MR) is 79.9 cm³/mol. The lowest BCUT2D eigenvalue weighted by molar-refractivity contribution is -0.131. The van der Waals surface area contributed by atoms with Gasteiger partial charge in [-0.05, 0) is 12.1 Å². The molecule has 1 N–H and O–H groups in total. The van der Waals surface area contributed by atoms with Crippen molar-refractivity contribution in [2.24, 2.45) is 0 Å². The minimum atomic E-state index is 0.0958. The Balaban J connectivity index is 1.59. The van der Waals surface area contributed by atoms with E-state index in [2.05, 4.69) is 5.32 Å². The van der Waals surface area contributed by atoms with E-state index in [-0.39, 0.29) is 11.9 Å². The highest BCUT2D eigenvalue weighted by molar-refractivity contribution is 5.78. The second-order valence-electron chi connectivity index (χ2n) is 5.43. The lowest BCUT2D eigenvalue weighted by atomic mass is 10.2. The zero-order chi connectivity index (χ0) is 14.7. The lowest BCUT2D eigenvalue weighted by Crippen LogP contribution is -2.44. The number of rotatable bonds is 4. The summed E-state index contributed by atoms with van der Waals surface area (Å²) in [7, 11) is 1.80. The summed E-state index contributed by atoms with van der Waals surface area (Å²) < 4.78 is 11.1. The van der Waals surface area contributed by atoms with Crippen molar-refractivity contribution in [1.29, 1.82) is 0 Å². The van der Waals surface area contributed by atoms with Gasteiger partial charge in [0.15, 0.2) is 0 Å². The van der Waals surface area contributed by atoms with Crippen molar-refractivity contribution in [2.45, 2.75) is 19.0 Å². The fourth-order valence-electron chi connectivity index (χ4n) is 2.55. The standard InChI is InChI=1S/C16H20N2O3/c1-18(16(19)9-13-11-20-7-6-17-13)10-14-8-12-4-2-3-5-15(12)21-14/h2-5,8,13,17H,6-7,9-11H2,1H3. The van der Waals surface area contributed by atoms with E-state index in [0.717, 1.165) is 29.9 Å². The Morgan fingerprint density at radius 1 is 1.43 bits per heavy atom. The van der Waals surface area contributed by atoms with Gasteiger partial charge in [-0.3, -0.25) is 4.79 Å². The van der Waals surface area contributed by atoms with E-state index in [1.165, 1.54) is 0 Å². The van der Waals surface area contributed by atoms with Crippen LogP contribution in [0.1, 0.15) is 12.2 Å². The maximum atomic E-state index is 12.2. The molecule has 1 atom stereocenters. The summed E-state index contributed by atoms with van der Waals surface area (Å²) in [4.78, 5) is 13.9. The molecule has 0 aliphatic carbocycles. The van der Waals surface area contributed by atoms with Crippen LogP contribution in [0, 0.1) is 0 Å². The molecule has 0 saturated carbocycles. The summed E-state index contributed by atoms with van der Waals surface area (Å²) in [6.45, 7) is 2.62. The fraction of sp³-hybridized carbons (Fsp3) is 0.438. The van der Waals surface area contributed by atoms with Gasteiger partial charge in [0.2, 0.25) is 5.91 Å². The topological polar surface area (TPSA) is 54.7 Å². The molecule has 1 amide bonds. The van der Waals surface area contributed by atoms with E-state index in [1.807, 2.05) is 30.3 Å². The van der Waals surface area contributed by atoms with Gasteiger partial charge in [-0.25, -0.2) is 0 Å². The highest BCUT2D eigenvalue weighted by atomic mass is 16.5. The van der Waals surface area contributed by atoms with Gasteiger partial charge in [0.25, 0.3) is 0 Å². The Kier molecular flexibility index (Phi) is 4.22. The summed E-state index contributed by atoms with van der Waals surface area (Å²) in [6.07, 6.45) is 0.455. The summed E-state index contributed by atoms with van der Waals surface area (Å²) in [5, 5.41) is 4.36. The number of nitrogens with zero attached hydrogens (tertiary/aromatic N) is 1. The maximum Gasteiger partial charge on any atom is 0.224 e. The molecule has 0 bridgehead atoms. The number of hydrogen-bond acceptors (Lipinski definition) is 4. The SMILES string of the molecule is CN(Cc1cc2ccccc2o1)C(=O)CC1COCCN1. The van der Waals surface area contributed by atoms with Crippen LogP contribution in [-0.4, -0.2) is 43.7 Å². The molecule has 1 aromatic heterocycles. The second-order valence-corrected chi connectivity index (χ2v) is 5.43. The molecule has 1 aliphatic heterocycles. The first-order valence-electron chi connectivity index (χ1n) is 7.25.